The SMILES string of the molecule is Cc1ccc(NC(=S)Nc2cccc(C)c2C)c(F)c1. The predicted octanol–water partition coefficient (Wildman–Crippen LogP) is 4.56. The van der Waals surface area contributed by atoms with Crippen molar-refractivity contribution in [3.8, 4) is 0 Å². The molecule has 0 heterocycles. The summed E-state index contributed by atoms with van der Waals surface area (Å²) >= 11 is 5.22. The van der Waals surface area contributed by atoms with E-state index < -0.39 is 0 Å². The molecule has 0 spiro atoms. The van der Waals surface area contributed by atoms with Crippen molar-refractivity contribution in [3.63, 3.8) is 0 Å². The zero-order chi connectivity index (χ0) is 14.7. The Kier molecular flexibility index (Phi) is 4.35. The normalized spacial score (nSPS) is 10.2. The number of halogens is 1. The van der Waals surface area contributed by atoms with Crippen LogP contribution in [0.5, 0.6) is 0 Å². The summed E-state index contributed by atoms with van der Waals surface area (Å²) in [6.07, 6.45) is 0. The molecule has 0 aliphatic rings. The summed E-state index contributed by atoms with van der Waals surface area (Å²) in [5, 5.41) is 6.35. The highest BCUT2D eigenvalue weighted by Crippen LogP contribution is 2.19. The topological polar surface area (TPSA) is 24.1 Å². The smallest absolute Gasteiger partial charge is 0.175 e. The molecule has 0 unspecified atom stereocenters. The third-order valence-corrected chi connectivity index (χ3v) is 3.43. The van der Waals surface area contributed by atoms with Crippen molar-refractivity contribution in [2.45, 2.75) is 20.8 Å². The van der Waals surface area contributed by atoms with E-state index in [9.17, 15) is 4.39 Å². The van der Waals surface area contributed by atoms with Gasteiger partial charge in [-0.25, -0.2) is 4.39 Å². The fourth-order valence-corrected chi connectivity index (χ4v) is 2.10. The maximum atomic E-state index is 13.7. The van der Waals surface area contributed by atoms with E-state index in [0.717, 1.165) is 16.8 Å². The van der Waals surface area contributed by atoms with Crippen LogP contribution in [-0.4, -0.2) is 5.11 Å². The van der Waals surface area contributed by atoms with Gasteiger partial charge in [0, 0.05) is 5.69 Å². The molecule has 0 aliphatic heterocycles. The first-order valence-corrected chi connectivity index (χ1v) is 6.78. The summed E-state index contributed by atoms with van der Waals surface area (Å²) in [6, 6.07) is 10.9. The molecule has 0 aliphatic carbocycles. The summed E-state index contributed by atoms with van der Waals surface area (Å²) in [5.41, 5.74) is 4.48. The Bertz CT molecular complexity index is 653. The molecule has 0 fully saturated rings. The quantitative estimate of drug-likeness (QED) is 0.792. The van der Waals surface area contributed by atoms with Crippen molar-refractivity contribution in [3.05, 3.63) is 58.9 Å². The molecule has 2 aromatic rings. The van der Waals surface area contributed by atoms with Gasteiger partial charge in [-0.2, -0.15) is 0 Å². The van der Waals surface area contributed by atoms with Crippen LogP contribution in [0.1, 0.15) is 16.7 Å². The third kappa shape index (κ3) is 3.33. The Morgan fingerprint density at radius 3 is 2.40 bits per heavy atom. The summed E-state index contributed by atoms with van der Waals surface area (Å²) < 4.78 is 13.7. The Morgan fingerprint density at radius 1 is 1.00 bits per heavy atom. The number of hydrogen-bond acceptors (Lipinski definition) is 1. The molecule has 2 N–H and O–H groups in total. The van der Waals surface area contributed by atoms with Gasteiger partial charge in [0.25, 0.3) is 0 Å². The van der Waals surface area contributed by atoms with E-state index in [-0.39, 0.29) is 5.82 Å². The molecule has 2 nitrogen and oxygen atoms in total. The molecule has 104 valence electrons. The van der Waals surface area contributed by atoms with Gasteiger partial charge in [-0.1, -0.05) is 18.2 Å². The number of thiocarbonyl (C=S) groups is 1. The number of aryl methyl sites for hydroxylation is 2. The molecule has 20 heavy (non-hydrogen) atoms. The maximum absolute atomic E-state index is 13.7. The van der Waals surface area contributed by atoms with Crippen LogP contribution in [0.15, 0.2) is 36.4 Å². The van der Waals surface area contributed by atoms with E-state index >= 15 is 0 Å². The maximum Gasteiger partial charge on any atom is 0.175 e. The number of nitrogens with one attached hydrogen (secondary N) is 2. The van der Waals surface area contributed by atoms with Crippen molar-refractivity contribution >= 4 is 28.7 Å². The lowest BCUT2D eigenvalue weighted by molar-refractivity contribution is 0.631. The highest BCUT2D eigenvalue weighted by molar-refractivity contribution is 7.80. The first-order chi connectivity index (χ1) is 9.47. The monoisotopic (exact) mass is 288 g/mol. The van der Waals surface area contributed by atoms with Gasteiger partial charge < -0.3 is 10.6 Å². The fraction of sp³-hybridized carbons (Fsp3) is 0.188. The van der Waals surface area contributed by atoms with Gasteiger partial charge in [-0.3, -0.25) is 0 Å². The van der Waals surface area contributed by atoms with Crippen LogP contribution in [-0.2, 0) is 0 Å². The molecule has 0 saturated carbocycles. The summed E-state index contributed by atoms with van der Waals surface area (Å²) in [4.78, 5) is 0. The van der Waals surface area contributed by atoms with Crippen LogP contribution >= 0.6 is 12.2 Å². The van der Waals surface area contributed by atoms with E-state index in [0.29, 0.717) is 10.8 Å². The standard InChI is InChI=1S/C16H17FN2S/c1-10-7-8-15(13(17)9-10)19-16(20)18-14-6-4-5-11(2)12(14)3/h4-9H,1-3H3,(H2,18,19,20). The first-order valence-electron chi connectivity index (χ1n) is 6.38. The number of benzene rings is 2. The zero-order valence-electron chi connectivity index (χ0n) is 11.8. The van der Waals surface area contributed by atoms with Gasteiger partial charge in [0.2, 0.25) is 0 Å². The molecule has 2 rings (SSSR count). The van der Waals surface area contributed by atoms with Gasteiger partial charge in [0.1, 0.15) is 5.82 Å². The molecular weight excluding hydrogens is 271 g/mol. The highest BCUT2D eigenvalue weighted by Gasteiger charge is 2.06. The number of hydrogen-bond donors (Lipinski definition) is 2. The van der Waals surface area contributed by atoms with Crippen molar-refractivity contribution in [2.24, 2.45) is 0 Å². The molecule has 0 amide bonds. The second kappa shape index (κ2) is 6.01. The van der Waals surface area contributed by atoms with E-state index in [2.05, 4.69) is 10.6 Å². The average molecular weight is 288 g/mol. The minimum Gasteiger partial charge on any atom is -0.332 e. The molecule has 0 saturated heterocycles. The number of anilines is 2. The van der Waals surface area contributed by atoms with Gasteiger partial charge >= 0.3 is 0 Å². The summed E-state index contributed by atoms with van der Waals surface area (Å²) in [5.74, 6) is -0.310. The van der Waals surface area contributed by atoms with Gasteiger partial charge in [-0.15, -0.1) is 0 Å². The predicted molar refractivity (Wildman–Crippen MR) is 86.9 cm³/mol. The Labute approximate surface area is 124 Å². The Balaban J connectivity index is 2.11. The van der Waals surface area contributed by atoms with Crippen LogP contribution in [0.4, 0.5) is 15.8 Å². The zero-order valence-corrected chi connectivity index (χ0v) is 12.6. The average Bonchev–Trinajstić information content (AvgIpc) is 2.38. The minimum atomic E-state index is -0.310. The lowest BCUT2D eigenvalue weighted by Crippen LogP contribution is -2.20. The van der Waals surface area contributed by atoms with Crippen LogP contribution in [0.3, 0.4) is 0 Å². The van der Waals surface area contributed by atoms with Crippen molar-refractivity contribution < 1.29 is 4.39 Å². The van der Waals surface area contributed by atoms with Gasteiger partial charge in [-0.05, 0) is 67.9 Å². The Hall–Kier alpha value is -1.94. The molecule has 0 atom stereocenters. The highest BCUT2D eigenvalue weighted by atomic mass is 32.1. The summed E-state index contributed by atoms with van der Waals surface area (Å²) in [7, 11) is 0. The molecular formula is C16H17FN2S. The molecule has 4 heteroatoms. The van der Waals surface area contributed by atoms with E-state index in [1.807, 2.05) is 45.0 Å². The first kappa shape index (κ1) is 14.5. The number of rotatable bonds is 2. The minimum absolute atomic E-state index is 0.310. The van der Waals surface area contributed by atoms with Crippen LogP contribution in [0.25, 0.3) is 0 Å². The molecule has 0 bridgehead atoms. The second-order valence-corrected chi connectivity index (χ2v) is 5.22. The third-order valence-electron chi connectivity index (χ3n) is 3.23. The van der Waals surface area contributed by atoms with Crippen LogP contribution < -0.4 is 10.6 Å². The largest absolute Gasteiger partial charge is 0.332 e. The lowest BCUT2D eigenvalue weighted by Gasteiger charge is -2.14. The van der Waals surface area contributed by atoms with Crippen molar-refractivity contribution in [1.29, 1.82) is 0 Å². The van der Waals surface area contributed by atoms with E-state index in [1.165, 1.54) is 11.6 Å². The molecule has 0 aromatic heterocycles. The Morgan fingerprint density at radius 2 is 1.70 bits per heavy atom. The van der Waals surface area contributed by atoms with Gasteiger partial charge in [0.15, 0.2) is 5.11 Å². The van der Waals surface area contributed by atoms with E-state index in [4.69, 9.17) is 12.2 Å². The van der Waals surface area contributed by atoms with Crippen molar-refractivity contribution in [1.82, 2.24) is 0 Å². The lowest BCUT2D eigenvalue weighted by atomic mass is 10.1. The molecule has 0 radical (unpaired) electrons. The van der Waals surface area contributed by atoms with E-state index in [1.54, 1.807) is 6.07 Å². The van der Waals surface area contributed by atoms with Crippen LogP contribution in [0.2, 0.25) is 0 Å². The fourth-order valence-electron chi connectivity index (χ4n) is 1.88. The van der Waals surface area contributed by atoms with Crippen molar-refractivity contribution in [2.75, 3.05) is 10.6 Å². The molecule has 2 aromatic carbocycles. The van der Waals surface area contributed by atoms with Crippen LogP contribution in [0, 0.1) is 26.6 Å². The van der Waals surface area contributed by atoms with Gasteiger partial charge in [0.05, 0.1) is 5.69 Å². The second-order valence-electron chi connectivity index (χ2n) is 4.81. The summed E-state index contributed by atoms with van der Waals surface area (Å²) in [6.45, 7) is 5.91.